The van der Waals surface area contributed by atoms with Gasteiger partial charge < -0.3 is 10.2 Å². The zero-order valence-electron chi connectivity index (χ0n) is 13.4. The number of anilines is 2. The van der Waals surface area contributed by atoms with Crippen LogP contribution in [0.1, 0.15) is 31.4 Å². The first-order chi connectivity index (χ1) is 11.5. The highest BCUT2D eigenvalue weighted by molar-refractivity contribution is 5.58. The van der Waals surface area contributed by atoms with Crippen LogP contribution in [0.15, 0.2) is 30.5 Å². The molecule has 3 rings (SSSR count). The van der Waals surface area contributed by atoms with E-state index < -0.39 is 4.92 Å². The number of rotatable bonds is 6. The van der Waals surface area contributed by atoms with Gasteiger partial charge in [0.25, 0.3) is 0 Å². The molecule has 0 bridgehead atoms. The van der Waals surface area contributed by atoms with Crippen molar-refractivity contribution < 1.29 is 9.31 Å². The van der Waals surface area contributed by atoms with Crippen molar-refractivity contribution >= 4 is 17.5 Å². The molecule has 0 saturated heterocycles. The summed E-state index contributed by atoms with van der Waals surface area (Å²) < 4.78 is 13.1. The highest BCUT2D eigenvalue weighted by Crippen LogP contribution is 2.31. The number of nitrogens with zero attached hydrogens (tertiary/aromatic N) is 4. The van der Waals surface area contributed by atoms with Crippen LogP contribution < -0.4 is 10.2 Å². The van der Waals surface area contributed by atoms with E-state index in [2.05, 4.69) is 15.3 Å². The molecule has 1 aliphatic carbocycles. The molecule has 24 heavy (non-hydrogen) atoms. The topological polar surface area (TPSA) is 84.2 Å². The first-order valence-electron chi connectivity index (χ1n) is 7.72. The molecule has 0 spiro atoms. The van der Waals surface area contributed by atoms with Gasteiger partial charge in [-0.2, -0.15) is 4.98 Å². The molecule has 1 saturated carbocycles. The molecule has 7 nitrogen and oxygen atoms in total. The van der Waals surface area contributed by atoms with Gasteiger partial charge in [0.05, 0.1) is 11.0 Å². The maximum absolute atomic E-state index is 13.1. The monoisotopic (exact) mass is 331 g/mol. The molecule has 8 heteroatoms. The molecule has 1 N–H and O–H groups in total. The van der Waals surface area contributed by atoms with Crippen LogP contribution >= 0.6 is 0 Å². The van der Waals surface area contributed by atoms with Gasteiger partial charge in [-0.3, -0.25) is 10.1 Å². The van der Waals surface area contributed by atoms with Gasteiger partial charge in [0.1, 0.15) is 12.0 Å². The Balaban J connectivity index is 1.86. The standard InChI is InChI=1S/C16H18FN5O2/c1-10(11-3-5-12(17)6-4-11)21(2)16-18-9-14(22(23)24)15(20-16)19-13-7-8-13/h3-6,9-10,13H,7-8H2,1-2H3,(H,18,19,20)/t10-/m1/s1. The number of halogens is 1. The molecular formula is C16H18FN5O2. The quantitative estimate of drug-likeness (QED) is 0.646. The van der Waals surface area contributed by atoms with E-state index in [0.29, 0.717) is 5.95 Å². The second-order valence-corrected chi connectivity index (χ2v) is 5.92. The average Bonchev–Trinajstić information content (AvgIpc) is 3.38. The second-order valence-electron chi connectivity index (χ2n) is 5.92. The number of aromatic nitrogens is 2. The maximum Gasteiger partial charge on any atom is 0.329 e. The molecule has 1 heterocycles. The average molecular weight is 331 g/mol. The minimum absolute atomic E-state index is 0.110. The van der Waals surface area contributed by atoms with Crippen LogP contribution in [-0.2, 0) is 0 Å². The Hall–Kier alpha value is -2.77. The predicted octanol–water partition coefficient (Wildman–Crippen LogP) is 3.30. The van der Waals surface area contributed by atoms with E-state index in [9.17, 15) is 14.5 Å². The fourth-order valence-electron chi connectivity index (χ4n) is 2.34. The molecule has 1 aromatic heterocycles. The lowest BCUT2D eigenvalue weighted by molar-refractivity contribution is -0.384. The van der Waals surface area contributed by atoms with Crippen molar-refractivity contribution in [3.8, 4) is 0 Å². The molecule has 126 valence electrons. The Morgan fingerprint density at radius 1 is 1.38 bits per heavy atom. The Morgan fingerprint density at radius 3 is 2.62 bits per heavy atom. The molecular weight excluding hydrogens is 313 g/mol. The smallest absolute Gasteiger partial charge is 0.329 e. The van der Waals surface area contributed by atoms with Gasteiger partial charge in [-0.15, -0.1) is 0 Å². The van der Waals surface area contributed by atoms with E-state index in [1.165, 1.54) is 18.3 Å². The fraction of sp³-hybridized carbons (Fsp3) is 0.375. The van der Waals surface area contributed by atoms with Crippen LogP contribution in [0.25, 0.3) is 0 Å². The molecule has 2 aromatic rings. The molecule has 0 aliphatic heterocycles. The van der Waals surface area contributed by atoms with Crippen LogP contribution in [0.4, 0.5) is 21.8 Å². The summed E-state index contributed by atoms with van der Waals surface area (Å²) in [5, 5.41) is 14.2. The van der Waals surface area contributed by atoms with Gasteiger partial charge in [0, 0.05) is 13.1 Å². The minimum atomic E-state index is -0.488. The zero-order chi connectivity index (χ0) is 17.3. The fourth-order valence-corrected chi connectivity index (χ4v) is 2.34. The van der Waals surface area contributed by atoms with E-state index in [1.54, 1.807) is 24.1 Å². The number of nitro groups is 1. The molecule has 0 unspecified atom stereocenters. The SMILES string of the molecule is C[C@H](c1ccc(F)cc1)N(C)c1ncc([N+](=O)[O-])c(NC2CC2)n1. The van der Waals surface area contributed by atoms with Gasteiger partial charge in [0.15, 0.2) is 0 Å². The van der Waals surface area contributed by atoms with Gasteiger partial charge in [0.2, 0.25) is 11.8 Å². The second kappa shape index (κ2) is 6.38. The molecule has 1 aromatic carbocycles. The lowest BCUT2D eigenvalue weighted by atomic mass is 10.1. The van der Waals surface area contributed by atoms with Crippen molar-refractivity contribution in [2.75, 3.05) is 17.3 Å². The third-order valence-electron chi connectivity index (χ3n) is 4.12. The summed E-state index contributed by atoms with van der Waals surface area (Å²) in [6.45, 7) is 1.94. The van der Waals surface area contributed by atoms with Crippen LogP contribution in [0.2, 0.25) is 0 Å². The first kappa shape index (κ1) is 16.1. The summed E-state index contributed by atoms with van der Waals surface area (Å²) in [6.07, 6.45) is 3.19. The molecule has 1 atom stereocenters. The Kier molecular flexibility index (Phi) is 4.28. The van der Waals surface area contributed by atoms with E-state index >= 15 is 0 Å². The first-order valence-corrected chi connectivity index (χ1v) is 7.72. The number of benzene rings is 1. The number of hydrogen-bond acceptors (Lipinski definition) is 6. The van der Waals surface area contributed by atoms with Crippen LogP contribution in [0.5, 0.6) is 0 Å². The van der Waals surface area contributed by atoms with Crippen molar-refractivity contribution in [3.63, 3.8) is 0 Å². The lowest BCUT2D eigenvalue weighted by Crippen LogP contribution is -2.24. The van der Waals surface area contributed by atoms with Gasteiger partial charge in [-0.05, 0) is 37.5 Å². The number of hydrogen-bond donors (Lipinski definition) is 1. The van der Waals surface area contributed by atoms with E-state index in [0.717, 1.165) is 18.4 Å². The molecule has 0 amide bonds. The summed E-state index contributed by atoms with van der Waals surface area (Å²) in [5.74, 6) is 0.322. The zero-order valence-corrected chi connectivity index (χ0v) is 13.4. The van der Waals surface area contributed by atoms with Gasteiger partial charge >= 0.3 is 5.69 Å². The summed E-state index contributed by atoms with van der Waals surface area (Å²) >= 11 is 0. The van der Waals surface area contributed by atoms with Crippen LogP contribution in [0, 0.1) is 15.9 Å². The highest BCUT2D eigenvalue weighted by atomic mass is 19.1. The third-order valence-corrected chi connectivity index (χ3v) is 4.12. The maximum atomic E-state index is 13.1. The minimum Gasteiger partial charge on any atom is -0.361 e. The predicted molar refractivity (Wildman–Crippen MR) is 88.5 cm³/mol. The van der Waals surface area contributed by atoms with Crippen molar-refractivity contribution in [2.45, 2.75) is 31.8 Å². The molecule has 1 fully saturated rings. The van der Waals surface area contributed by atoms with Crippen molar-refractivity contribution in [1.29, 1.82) is 0 Å². The summed E-state index contributed by atoms with van der Waals surface area (Å²) in [4.78, 5) is 20.9. The summed E-state index contributed by atoms with van der Waals surface area (Å²) in [7, 11) is 1.80. The van der Waals surface area contributed by atoms with E-state index in [1.807, 2.05) is 6.92 Å². The molecule has 1 aliphatic rings. The van der Waals surface area contributed by atoms with Crippen LogP contribution in [0.3, 0.4) is 0 Å². The van der Waals surface area contributed by atoms with Crippen molar-refractivity contribution in [3.05, 3.63) is 52.0 Å². The van der Waals surface area contributed by atoms with Crippen molar-refractivity contribution in [2.24, 2.45) is 0 Å². The number of nitrogens with one attached hydrogen (secondary N) is 1. The largest absolute Gasteiger partial charge is 0.361 e. The highest BCUT2D eigenvalue weighted by Gasteiger charge is 2.27. The Bertz CT molecular complexity index is 749. The van der Waals surface area contributed by atoms with Crippen LogP contribution in [-0.4, -0.2) is 28.0 Å². The Labute approximate surface area is 138 Å². The normalized spacial score (nSPS) is 15.0. The third kappa shape index (κ3) is 3.42. The summed E-state index contributed by atoms with van der Waals surface area (Å²) in [5.41, 5.74) is 0.769. The van der Waals surface area contributed by atoms with Gasteiger partial charge in [-0.25, -0.2) is 9.37 Å². The van der Waals surface area contributed by atoms with Crippen molar-refractivity contribution in [1.82, 2.24) is 9.97 Å². The van der Waals surface area contributed by atoms with E-state index in [-0.39, 0.29) is 29.4 Å². The lowest BCUT2D eigenvalue weighted by Gasteiger charge is -2.25. The van der Waals surface area contributed by atoms with E-state index in [4.69, 9.17) is 0 Å². The van der Waals surface area contributed by atoms with Gasteiger partial charge in [-0.1, -0.05) is 12.1 Å². The molecule has 0 radical (unpaired) electrons. The Morgan fingerprint density at radius 2 is 2.04 bits per heavy atom. The summed E-state index contributed by atoms with van der Waals surface area (Å²) in [6, 6.07) is 6.33.